The molecule has 0 fully saturated rings. The number of rotatable bonds is 4. The number of benzene rings is 8. The van der Waals surface area contributed by atoms with Crippen LogP contribution in [0.1, 0.15) is 27.8 Å². The Morgan fingerprint density at radius 2 is 1.00 bits per heavy atom. The van der Waals surface area contributed by atoms with Gasteiger partial charge in [-0.2, -0.15) is 5.26 Å². The van der Waals surface area contributed by atoms with Crippen LogP contribution in [-0.2, 0) is 5.41 Å². The minimum Gasteiger partial charge on any atom is -0.456 e. The maximum atomic E-state index is 9.56. The van der Waals surface area contributed by atoms with Gasteiger partial charge in [0, 0.05) is 33.4 Å². The lowest BCUT2D eigenvalue weighted by Gasteiger charge is -2.40. The number of nitrogens with zero attached hydrogens (tertiary/aromatic N) is 4. The summed E-state index contributed by atoms with van der Waals surface area (Å²) in [6, 6.07) is 64.8. The van der Waals surface area contributed by atoms with E-state index in [0.29, 0.717) is 23.0 Å². The number of nitriles is 1. The summed E-state index contributed by atoms with van der Waals surface area (Å²) in [6.07, 6.45) is 0. The van der Waals surface area contributed by atoms with Crippen LogP contribution in [0.4, 0.5) is 0 Å². The van der Waals surface area contributed by atoms with Gasteiger partial charge in [-0.05, 0) is 62.9 Å². The molecule has 1 aromatic heterocycles. The van der Waals surface area contributed by atoms with E-state index in [1.165, 1.54) is 16.7 Å². The van der Waals surface area contributed by atoms with E-state index in [0.717, 1.165) is 66.8 Å². The quantitative estimate of drug-likeness (QED) is 0.181. The first-order valence-corrected chi connectivity index (χ1v) is 18.7. The summed E-state index contributed by atoms with van der Waals surface area (Å²) in [5.74, 6) is 3.44. The monoisotopic (exact) mass is 714 g/mol. The first-order chi connectivity index (χ1) is 27.7. The standard InChI is InChI=1S/C51H30N4O/c52-31-32-26-28-33(29-27-32)36-21-13-24-43-47(36)56-45-25-12-11-23-42(45)51(43)41-22-10-9-20-39(41)46-38-19-8-7-18-37(38)40(30-44(46)51)50-54-48(34-14-3-1-4-15-34)53-49(55-50)35-16-5-2-6-17-35/h1-30H. The van der Waals surface area contributed by atoms with E-state index in [-0.39, 0.29) is 0 Å². The SMILES string of the molecule is N#Cc1ccc(-c2cccc3c2Oc2ccccc2C32c3ccccc3-c3c2cc(-c2nc(-c4ccccc4)nc(-c4ccccc4)n2)c2ccccc32)cc1. The zero-order valence-corrected chi connectivity index (χ0v) is 30.0. The fourth-order valence-corrected chi connectivity index (χ4v) is 8.84. The number of fused-ring (bicyclic) bond motifs is 11. The summed E-state index contributed by atoms with van der Waals surface area (Å²) in [4.78, 5) is 15.5. The highest BCUT2D eigenvalue weighted by atomic mass is 16.5. The molecule has 5 heteroatoms. The Labute approximate surface area is 323 Å². The molecule has 1 aliphatic carbocycles. The summed E-state index contributed by atoms with van der Waals surface area (Å²) >= 11 is 0. The smallest absolute Gasteiger partial charge is 0.164 e. The Kier molecular flexibility index (Phi) is 7.07. The first kappa shape index (κ1) is 31.8. The Morgan fingerprint density at radius 3 is 1.71 bits per heavy atom. The van der Waals surface area contributed by atoms with Crippen molar-refractivity contribution in [2.24, 2.45) is 0 Å². The van der Waals surface area contributed by atoms with Crippen molar-refractivity contribution in [2.75, 3.05) is 0 Å². The second-order valence-corrected chi connectivity index (χ2v) is 14.2. The van der Waals surface area contributed by atoms with Crippen molar-refractivity contribution < 1.29 is 4.74 Å². The maximum Gasteiger partial charge on any atom is 0.164 e. The molecule has 2 aliphatic rings. The molecule has 0 saturated carbocycles. The number of hydrogen-bond donors (Lipinski definition) is 0. The van der Waals surface area contributed by atoms with Gasteiger partial charge >= 0.3 is 0 Å². The molecule has 11 rings (SSSR count). The minimum atomic E-state index is -0.741. The van der Waals surface area contributed by atoms with Crippen LogP contribution >= 0.6 is 0 Å². The van der Waals surface area contributed by atoms with Crippen LogP contribution in [0.25, 0.3) is 67.2 Å². The Balaban J connectivity index is 1.26. The van der Waals surface area contributed by atoms with Gasteiger partial charge in [0.15, 0.2) is 17.5 Å². The highest BCUT2D eigenvalue weighted by molar-refractivity contribution is 6.10. The number of hydrogen-bond acceptors (Lipinski definition) is 5. The largest absolute Gasteiger partial charge is 0.456 e. The van der Waals surface area contributed by atoms with E-state index in [4.69, 9.17) is 19.7 Å². The molecule has 0 amide bonds. The second kappa shape index (κ2) is 12.4. The molecule has 1 atom stereocenters. The van der Waals surface area contributed by atoms with Gasteiger partial charge in [-0.3, -0.25) is 0 Å². The van der Waals surface area contributed by atoms with Crippen LogP contribution in [0, 0.1) is 11.3 Å². The van der Waals surface area contributed by atoms with Crippen LogP contribution in [0.5, 0.6) is 11.5 Å². The third-order valence-corrected chi connectivity index (χ3v) is 11.2. The summed E-state index contributed by atoms with van der Waals surface area (Å²) in [6.45, 7) is 0. The topological polar surface area (TPSA) is 71.7 Å². The molecule has 1 unspecified atom stereocenters. The normalized spacial score (nSPS) is 14.6. The molecule has 2 heterocycles. The first-order valence-electron chi connectivity index (χ1n) is 18.7. The van der Waals surface area contributed by atoms with Crippen molar-refractivity contribution in [2.45, 2.75) is 5.41 Å². The summed E-state index contributed by atoms with van der Waals surface area (Å²) in [7, 11) is 0. The molecular weight excluding hydrogens is 685 g/mol. The van der Waals surface area contributed by atoms with Crippen LogP contribution in [0.3, 0.4) is 0 Å². The molecule has 0 saturated heterocycles. The molecule has 9 aromatic rings. The van der Waals surface area contributed by atoms with E-state index in [1.807, 2.05) is 91.0 Å². The summed E-state index contributed by atoms with van der Waals surface area (Å²) in [5.41, 5.74) is 11.4. The predicted octanol–water partition coefficient (Wildman–Crippen LogP) is 12.0. The van der Waals surface area contributed by atoms with Gasteiger partial charge < -0.3 is 4.74 Å². The van der Waals surface area contributed by atoms with Crippen molar-refractivity contribution in [3.8, 4) is 74.0 Å². The van der Waals surface area contributed by atoms with Crippen LogP contribution in [0.15, 0.2) is 182 Å². The lowest BCUT2D eigenvalue weighted by molar-refractivity contribution is 0.438. The lowest BCUT2D eigenvalue weighted by Crippen LogP contribution is -2.32. The van der Waals surface area contributed by atoms with Crippen molar-refractivity contribution in [1.29, 1.82) is 5.26 Å². The molecule has 8 aromatic carbocycles. The molecule has 1 aliphatic heterocycles. The molecule has 1 spiro atoms. The number of para-hydroxylation sites is 2. The molecule has 0 radical (unpaired) electrons. The summed E-state index contributed by atoms with van der Waals surface area (Å²) in [5, 5.41) is 11.8. The zero-order valence-electron chi connectivity index (χ0n) is 30.0. The van der Waals surface area contributed by atoms with Crippen molar-refractivity contribution in [3.05, 3.63) is 210 Å². The highest BCUT2D eigenvalue weighted by Crippen LogP contribution is 2.64. The molecule has 0 bridgehead atoms. The molecular formula is C51H30N4O. The average Bonchev–Trinajstić information content (AvgIpc) is 3.57. The summed E-state index contributed by atoms with van der Waals surface area (Å²) < 4.78 is 6.97. The number of ether oxygens (including phenoxy) is 1. The van der Waals surface area contributed by atoms with Gasteiger partial charge in [0.2, 0.25) is 0 Å². The second-order valence-electron chi connectivity index (χ2n) is 14.2. The van der Waals surface area contributed by atoms with Gasteiger partial charge in [0.05, 0.1) is 17.0 Å². The lowest BCUT2D eigenvalue weighted by atomic mass is 9.65. The predicted molar refractivity (Wildman–Crippen MR) is 221 cm³/mol. The van der Waals surface area contributed by atoms with E-state index in [1.54, 1.807) is 0 Å². The van der Waals surface area contributed by atoms with Crippen molar-refractivity contribution in [3.63, 3.8) is 0 Å². The van der Waals surface area contributed by atoms with Crippen LogP contribution in [0.2, 0.25) is 0 Å². The Morgan fingerprint density at radius 1 is 0.429 bits per heavy atom. The third-order valence-electron chi connectivity index (χ3n) is 11.2. The molecule has 0 N–H and O–H groups in total. The van der Waals surface area contributed by atoms with Gasteiger partial charge in [0.25, 0.3) is 0 Å². The zero-order chi connectivity index (χ0) is 37.2. The fraction of sp³-hybridized carbons (Fsp3) is 0.0196. The van der Waals surface area contributed by atoms with Gasteiger partial charge in [0.1, 0.15) is 11.5 Å². The third kappa shape index (κ3) is 4.63. The van der Waals surface area contributed by atoms with Gasteiger partial charge in [-0.15, -0.1) is 0 Å². The molecule has 56 heavy (non-hydrogen) atoms. The van der Waals surface area contributed by atoms with E-state index >= 15 is 0 Å². The van der Waals surface area contributed by atoms with Crippen LogP contribution in [-0.4, -0.2) is 15.0 Å². The van der Waals surface area contributed by atoms with E-state index < -0.39 is 5.41 Å². The van der Waals surface area contributed by atoms with Crippen LogP contribution < -0.4 is 4.74 Å². The van der Waals surface area contributed by atoms with Crippen molar-refractivity contribution in [1.82, 2.24) is 15.0 Å². The highest BCUT2D eigenvalue weighted by Gasteiger charge is 2.52. The van der Waals surface area contributed by atoms with E-state index in [2.05, 4.69) is 97.1 Å². The Bertz CT molecular complexity index is 3000. The van der Waals surface area contributed by atoms with Gasteiger partial charge in [-0.25, -0.2) is 15.0 Å². The minimum absolute atomic E-state index is 0.606. The van der Waals surface area contributed by atoms with E-state index in [9.17, 15) is 5.26 Å². The fourth-order valence-electron chi connectivity index (χ4n) is 8.84. The average molecular weight is 715 g/mol. The Hall–Kier alpha value is -7.68. The van der Waals surface area contributed by atoms with Gasteiger partial charge in [-0.1, -0.05) is 158 Å². The maximum absolute atomic E-state index is 9.56. The number of aromatic nitrogens is 3. The van der Waals surface area contributed by atoms with Crippen molar-refractivity contribution >= 4 is 10.8 Å². The molecule has 5 nitrogen and oxygen atoms in total. The molecule has 260 valence electrons.